The van der Waals surface area contributed by atoms with Crippen molar-refractivity contribution >= 4 is 57.8 Å². The van der Waals surface area contributed by atoms with Gasteiger partial charge in [-0.1, -0.05) is 62.4 Å². The highest BCUT2D eigenvalue weighted by molar-refractivity contribution is 8.26. The molecule has 0 atom stereocenters. The summed E-state index contributed by atoms with van der Waals surface area (Å²) in [5, 5.41) is 5.14. The van der Waals surface area contributed by atoms with Gasteiger partial charge in [0.1, 0.15) is 15.8 Å². The van der Waals surface area contributed by atoms with Gasteiger partial charge in [0.15, 0.2) is 0 Å². The van der Waals surface area contributed by atoms with Crippen molar-refractivity contribution in [2.45, 2.75) is 40.5 Å². The predicted molar refractivity (Wildman–Crippen MR) is 120 cm³/mol. The van der Waals surface area contributed by atoms with Crippen LogP contribution >= 0.6 is 35.6 Å². The number of furan rings is 1. The largest absolute Gasteiger partial charge is 0.461 e. The molecule has 2 heterocycles. The first-order valence-corrected chi connectivity index (χ1v) is 10.1. The van der Waals surface area contributed by atoms with Crippen LogP contribution in [0.4, 0.5) is 0 Å². The van der Waals surface area contributed by atoms with Crippen LogP contribution in [0.25, 0.3) is 6.08 Å². The molecule has 1 aliphatic rings. The first-order chi connectivity index (χ1) is 13.3. The number of carbonyl (C=O) groups is 2. The molecule has 152 valence electrons. The summed E-state index contributed by atoms with van der Waals surface area (Å²) in [4.78, 5) is 32.2. The van der Waals surface area contributed by atoms with Crippen LogP contribution in [0, 0.1) is 4.91 Å². The zero-order chi connectivity index (χ0) is 21.7. The van der Waals surface area contributed by atoms with Gasteiger partial charge in [0.05, 0.1) is 4.91 Å². The molecular formula is C19H23ClN2O4S2. The van der Waals surface area contributed by atoms with Crippen LogP contribution in [-0.4, -0.2) is 16.1 Å². The smallest absolute Gasteiger partial charge is 0.313 e. The van der Waals surface area contributed by atoms with Crippen molar-refractivity contribution in [1.82, 2.24) is 5.32 Å². The Balaban J connectivity index is 0.000000528. The fraction of sp³-hybridized carbons (Fsp3) is 0.316. The number of halogens is 1. The molecule has 0 saturated carbocycles. The molecule has 1 N–H and O–H groups in total. The number of nitrogens with one attached hydrogen (secondary N) is 1. The van der Waals surface area contributed by atoms with E-state index in [9.17, 15) is 14.5 Å². The first kappa shape index (κ1) is 26.0. The fourth-order valence-electron chi connectivity index (χ4n) is 1.87. The second kappa shape index (κ2) is 14.0. The van der Waals surface area contributed by atoms with E-state index in [0.717, 1.165) is 5.76 Å². The Morgan fingerprint density at radius 3 is 2.46 bits per heavy atom. The van der Waals surface area contributed by atoms with Crippen molar-refractivity contribution in [2.24, 2.45) is 5.18 Å². The molecule has 1 aliphatic heterocycles. The molecule has 0 bridgehead atoms. The Bertz CT molecular complexity index is 791. The Morgan fingerprint density at radius 1 is 1.43 bits per heavy atom. The summed E-state index contributed by atoms with van der Waals surface area (Å²) in [6, 6.07) is 3.69. The van der Waals surface area contributed by atoms with Crippen molar-refractivity contribution < 1.29 is 14.0 Å². The molecule has 1 fully saturated rings. The lowest BCUT2D eigenvalue weighted by molar-refractivity contribution is -0.115. The molecule has 0 radical (unpaired) electrons. The van der Waals surface area contributed by atoms with Gasteiger partial charge in [-0.05, 0) is 25.5 Å². The second-order valence-corrected chi connectivity index (χ2v) is 7.20. The second-order valence-electron chi connectivity index (χ2n) is 4.91. The minimum Gasteiger partial charge on any atom is -0.461 e. The number of amides is 2. The van der Waals surface area contributed by atoms with Crippen molar-refractivity contribution in [3.8, 4) is 0 Å². The van der Waals surface area contributed by atoms with Gasteiger partial charge in [0.2, 0.25) is 0 Å². The van der Waals surface area contributed by atoms with Crippen LogP contribution in [0.15, 0.2) is 49.9 Å². The molecule has 0 spiro atoms. The van der Waals surface area contributed by atoms with Crippen LogP contribution < -0.4 is 5.32 Å². The minimum atomic E-state index is -0.769. The van der Waals surface area contributed by atoms with Gasteiger partial charge >= 0.3 is 5.91 Å². The number of thiocarbonyl (C=S) groups is 1. The average molecular weight is 443 g/mol. The number of thioether (sulfide) groups is 1. The standard InChI is InChI=1S/C11H9NO2S2.C6H8ClNO2.C2H6/c1-2-3-7-4-5-8(14-7)6-9-10(13)12-11(15)16-9;1-3-5(4(2)7)6(9)8-10;1-2/h2,4-6H,1,3H2,(H,12,13,15);3H2,1-2H3;1-2H3/b9-6-;5-4-;. The fourth-order valence-corrected chi connectivity index (χ4v) is 3.11. The molecule has 1 aromatic rings. The quantitative estimate of drug-likeness (QED) is 0.271. The molecule has 6 nitrogen and oxygen atoms in total. The predicted octanol–water partition coefficient (Wildman–Crippen LogP) is 5.73. The third-order valence-corrected chi connectivity index (χ3v) is 4.44. The molecule has 0 aliphatic carbocycles. The molecule has 2 rings (SSSR count). The Morgan fingerprint density at radius 2 is 2.07 bits per heavy atom. The van der Waals surface area contributed by atoms with E-state index in [1.807, 2.05) is 26.0 Å². The molecule has 9 heteroatoms. The Kier molecular flexibility index (Phi) is 13.0. The lowest BCUT2D eigenvalue weighted by atomic mass is 10.2. The number of nitrogens with zero attached hydrogens (tertiary/aromatic N) is 1. The van der Waals surface area contributed by atoms with Gasteiger partial charge in [0, 0.05) is 28.3 Å². The number of rotatable bonds is 5. The van der Waals surface area contributed by atoms with Crippen molar-refractivity contribution in [3.63, 3.8) is 0 Å². The summed E-state index contributed by atoms with van der Waals surface area (Å²) < 4.78 is 5.97. The Hall–Kier alpha value is -2.03. The number of nitroso groups, excluding NO2 is 1. The van der Waals surface area contributed by atoms with Crippen molar-refractivity contribution in [2.75, 3.05) is 0 Å². The van der Waals surface area contributed by atoms with Gasteiger partial charge in [0.25, 0.3) is 5.91 Å². The van der Waals surface area contributed by atoms with E-state index < -0.39 is 5.91 Å². The van der Waals surface area contributed by atoms with Gasteiger partial charge in [-0.3, -0.25) is 9.59 Å². The lowest BCUT2D eigenvalue weighted by Gasteiger charge is -1.95. The van der Waals surface area contributed by atoms with Crippen LogP contribution in [0.3, 0.4) is 0 Å². The Labute approximate surface area is 179 Å². The SMILES string of the molecule is C=CCc1ccc(/C=C2\SC(=S)NC2=O)o1.CC.CC/C(C(=O)N=O)=C(\C)Cl. The van der Waals surface area contributed by atoms with E-state index in [0.29, 0.717) is 32.9 Å². The zero-order valence-electron chi connectivity index (χ0n) is 16.2. The average Bonchev–Trinajstić information content (AvgIpc) is 3.23. The lowest BCUT2D eigenvalue weighted by Crippen LogP contribution is -2.17. The molecule has 2 amide bonds. The molecular weight excluding hydrogens is 420 g/mol. The maximum Gasteiger partial charge on any atom is 0.313 e. The minimum absolute atomic E-state index is 0.170. The van der Waals surface area contributed by atoms with Crippen LogP contribution in [0.2, 0.25) is 0 Å². The van der Waals surface area contributed by atoms with Gasteiger partial charge in [-0.25, -0.2) is 0 Å². The van der Waals surface area contributed by atoms with E-state index >= 15 is 0 Å². The van der Waals surface area contributed by atoms with E-state index in [-0.39, 0.29) is 11.5 Å². The highest BCUT2D eigenvalue weighted by atomic mass is 35.5. The maximum atomic E-state index is 11.4. The van der Waals surface area contributed by atoms with Crippen molar-refractivity contribution in [3.05, 3.63) is 56.7 Å². The molecule has 0 aromatic carbocycles. The summed E-state index contributed by atoms with van der Waals surface area (Å²) in [5.74, 6) is 0.540. The van der Waals surface area contributed by atoms with E-state index in [1.165, 1.54) is 11.8 Å². The van der Waals surface area contributed by atoms with Crippen molar-refractivity contribution in [1.29, 1.82) is 0 Å². The molecule has 28 heavy (non-hydrogen) atoms. The maximum absolute atomic E-state index is 11.4. The molecule has 0 unspecified atom stereocenters. The third-order valence-electron chi connectivity index (χ3n) is 3.05. The van der Waals surface area contributed by atoms with E-state index in [1.54, 1.807) is 26.0 Å². The highest BCUT2D eigenvalue weighted by Crippen LogP contribution is 2.26. The molecule has 1 saturated heterocycles. The monoisotopic (exact) mass is 442 g/mol. The third kappa shape index (κ3) is 8.77. The van der Waals surface area contributed by atoms with Crippen LogP contribution in [0.1, 0.15) is 45.6 Å². The number of hydrogen-bond acceptors (Lipinski definition) is 6. The normalized spacial score (nSPS) is 14.8. The van der Waals surface area contributed by atoms with Gasteiger partial charge in [-0.15, -0.1) is 11.5 Å². The van der Waals surface area contributed by atoms with Crippen LogP contribution in [-0.2, 0) is 16.0 Å². The van der Waals surface area contributed by atoms with Gasteiger partial charge < -0.3 is 9.73 Å². The number of carbonyl (C=O) groups excluding carboxylic acids is 2. The summed E-state index contributed by atoms with van der Waals surface area (Å²) in [7, 11) is 0. The van der Waals surface area contributed by atoms with E-state index in [2.05, 4.69) is 17.1 Å². The first-order valence-electron chi connectivity index (χ1n) is 8.49. The topological polar surface area (TPSA) is 88.7 Å². The summed E-state index contributed by atoms with van der Waals surface area (Å²) in [6.07, 6.45) is 4.58. The highest BCUT2D eigenvalue weighted by Gasteiger charge is 2.22. The number of hydrogen-bond donors (Lipinski definition) is 1. The van der Waals surface area contributed by atoms with Gasteiger partial charge in [-0.2, -0.15) is 0 Å². The zero-order valence-corrected chi connectivity index (χ0v) is 18.6. The summed E-state index contributed by atoms with van der Waals surface area (Å²) >= 11 is 11.6. The molecule has 1 aromatic heterocycles. The summed E-state index contributed by atoms with van der Waals surface area (Å²) in [6.45, 7) is 10.9. The van der Waals surface area contributed by atoms with E-state index in [4.69, 9.17) is 28.2 Å². The van der Waals surface area contributed by atoms with Crippen LogP contribution in [0.5, 0.6) is 0 Å². The summed E-state index contributed by atoms with van der Waals surface area (Å²) in [5.41, 5.74) is 0.289. The number of allylic oxidation sites excluding steroid dienone is 2.